The van der Waals surface area contributed by atoms with Gasteiger partial charge in [0.2, 0.25) is 5.91 Å². The molecule has 0 aromatic heterocycles. The normalized spacial score (nSPS) is 32.0. The molecular weight excluding hydrogens is 286 g/mol. The van der Waals surface area contributed by atoms with E-state index in [1.807, 2.05) is 0 Å². The van der Waals surface area contributed by atoms with E-state index in [-0.39, 0.29) is 30.9 Å². The maximum absolute atomic E-state index is 12.5. The molecule has 1 N–H and O–H groups in total. The predicted molar refractivity (Wildman–Crippen MR) is 75.3 cm³/mol. The maximum atomic E-state index is 12.5. The van der Waals surface area contributed by atoms with Crippen LogP contribution in [0.3, 0.4) is 0 Å². The minimum atomic E-state index is -2.41. The minimum absolute atomic E-state index is 0. The molecule has 3 fully saturated rings. The summed E-state index contributed by atoms with van der Waals surface area (Å²) in [6.07, 6.45) is 4.35. The number of nitrogens with zero attached hydrogens (tertiary/aromatic N) is 1. The van der Waals surface area contributed by atoms with Gasteiger partial charge in [-0.15, -0.1) is 12.4 Å². The molecule has 0 radical (unpaired) electrons. The largest absolute Gasteiger partial charge is 0.334 e. The lowest BCUT2D eigenvalue weighted by molar-refractivity contribution is -0.135. The molecule has 0 aromatic carbocycles. The molecular formula is C14H23ClF2N2O. The van der Waals surface area contributed by atoms with Crippen LogP contribution in [0.5, 0.6) is 0 Å². The molecule has 2 saturated heterocycles. The lowest BCUT2D eigenvalue weighted by Crippen LogP contribution is -2.42. The number of alkyl halides is 2. The molecule has 2 aliphatic heterocycles. The molecule has 1 saturated carbocycles. The van der Waals surface area contributed by atoms with Crippen LogP contribution in [-0.2, 0) is 4.79 Å². The second kappa shape index (κ2) is 6.56. The van der Waals surface area contributed by atoms with Crippen LogP contribution in [0, 0.1) is 5.92 Å². The van der Waals surface area contributed by atoms with Crippen molar-refractivity contribution in [2.24, 2.45) is 5.92 Å². The van der Waals surface area contributed by atoms with E-state index in [9.17, 15) is 13.6 Å². The van der Waals surface area contributed by atoms with Crippen LogP contribution in [0.4, 0.5) is 8.78 Å². The van der Waals surface area contributed by atoms with Crippen molar-refractivity contribution in [2.75, 3.05) is 6.54 Å². The Kier molecular flexibility index (Phi) is 5.24. The summed E-state index contributed by atoms with van der Waals surface area (Å²) in [7, 11) is 0. The van der Waals surface area contributed by atoms with Gasteiger partial charge in [-0.05, 0) is 44.4 Å². The minimum Gasteiger partial charge on any atom is -0.334 e. The fourth-order valence-electron chi connectivity index (χ4n) is 3.70. The lowest BCUT2D eigenvalue weighted by atomic mass is 9.89. The van der Waals surface area contributed by atoms with Crippen molar-refractivity contribution in [3.05, 3.63) is 0 Å². The second-order valence-corrected chi connectivity index (χ2v) is 6.35. The Labute approximate surface area is 124 Å². The van der Waals surface area contributed by atoms with E-state index >= 15 is 0 Å². The standard InChI is InChI=1S/C14H22F2N2O.ClH/c15-13(16)8-18(12-3-4-12)14(19)7-9-5-10-1-2-11(6-9)17-10;/h9-13,17H,1-8H2;1H. The van der Waals surface area contributed by atoms with Crippen molar-refractivity contribution in [3.63, 3.8) is 0 Å². The van der Waals surface area contributed by atoms with E-state index < -0.39 is 6.43 Å². The first-order chi connectivity index (χ1) is 9.11. The lowest BCUT2D eigenvalue weighted by Gasteiger charge is -2.31. The number of hydrogen-bond acceptors (Lipinski definition) is 2. The van der Waals surface area contributed by atoms with E-state index in [4.69, 9.17) is 0 Å². The number of amides is 1. The van der Waals surface area contributed by atoms with Crippen LogP contribution in [0.1, 0.15) is 44.9 Å². The van der Waals surface area contributed by atoms with Crippen LogP contribution in [0.25, 0.3) is 0 Å². The highest BCUT2D eigenvalue weighted by atomic mass is 35.5. The van der Waals surface area contributed by atoms with Gasteiger partial charge in [0, 0.05) is 24.5 Å². The van der Waals surface area contributed by atoms with Gasteiger partial charge in [0.1, 0.15) is 0 Å². The van der Waals surface area contributed by atoms with Crippen molar-refractivity contribution in [1.82, 2.24) is 10.2 Å². The van der Waals surface area contributed by atoms with Gasteiger partial charge >= 0.3 is 0 Å². The molecule has 0 aromatic rings. The summed E-state index contributed by atoms with van der Waals surface area (Å²) in [4.78, 5) is 13.7. The number of carbonyl (C=O) groups is 1. The quantitative estimate of drug-likeness (QED) is 0.846. The first-order valence-electron chi connectivity index (χ1n) is 7.45. The zero-order chi connectivity index (χ0) is 13.4. The third-order valence-electron chi connectivity index (χ3n) is 4.68. The molecule has 1 amide bonds. The summed E-state index contributed by atoms with van der Waals surface area (Å²) in [5, 5.41) is 3.55. The molecule has 6 heteroatoms. The molecule has 2 unspecified atom stereocenters. The Morgan fingerprint density at radius 3 is 2.25 bits per heavy atom. The van der Waals surface area contributed by atoms with E-state index in [1.165, 1.54) is 17.7 Å². The Hall–Kier alpha value is -0.420. The van der Waals surface area contributed by atoms with Gasteiger partial charge in [-0.2, -0.15) is 0 Å². The Balaban J connectivity index is 0.00000147. The maximum Gasteiger partial charge on any atom is 0.255 e. The second-order valence-electron chi connectivity index (χ2n) is 6.35. The topological polar surface area (TPSA) is 32.3 Å². The Morgan fingerprint density at radius 2 is 1.75 bits per heavy atom. The number of halogens is 3. The Morgan fingerprint density at radius 1 is 1.15 bits per heavy atom. The predicted octanol–water partition coefficient (Wildman–Crippen LogP) is 2.59. The number of piperidine rings is 1. The molecule has 3 rings (SSSR count). The summed E-state index contributed by atoms with van der Waals surface area (Å²) >= 11 is 0. The number of carbonyl (C=O) groups excluding carboxylic acids is 1. The number of rotatable bonds is 5. The van der Waals surface area contributed by atoms with Crippen LogP contribution >= 0.6 is 12.4 Å². The fourth-order valence-corrected chi connectivity index (χ4v) is 3.70. The molecule has 1 aliphatic carbocycles. The highest BCUT2D eigenvalue weighted by molar-refractivity contribution is 5.85. The zero-order valence-electron chi connectivity index (χ0n) is 11.6. The van der Waals surface area contributed by atoms with Gasteiger partial charge in [-0.1, -0.05) is 0 Å². The molecule has 20 heavy (non-hydrogen) atoms. The highest BCUT2D eigenvalue weighted by Crippen LogP contribution is 2.34. The monoisotopic (exact) mass is 308 g/mol. The highest BCUT2D eigenvalue weighted by Gasteiger charge is 2.38. The van der Waals surface area contributed by atoms with E-state index in [2.05, 4.69) is 5.32 Å². The van der Waals surface area contributed by atoms with Crippen molar-refractivity contribution in [2.45, 2.75) is 69.5 Å². The van der Waals surface area contributed by atoms with E-state index in [0.717, 1.165) is 25.7 Å². The summed E-state index contributed by atoms with van der Waals surface area (Å²) < 4.78 is 25.1. The van der Waals surface area contributed by atoms with Crippen molar-refractivity contribution < 1.29 is 13.6 Å². The third-order valence-corrected chi connectivity index (χ3v) is 4.68. The zero-order valence-corrected chi connectivity index (χ0v) is 12.4. The van der Waals surface area contributed by atoms with Gasteiger partial charge in [-0.3, -0.25) is 4.79 Å². The molecule has 3 nitrogen and oxygen atoms in total. The van der Waals surface area contributed by atoms with Gasteiger partial charge in [0.05, 0.1) is 6.54 Å². The molecule has 2 bridgehead atoms. The fraction of sp³-hybridized carbons (Fsp3) is 0.929. The van der Waals surface area contributed by atoms with Crippen molar-refractivity contribution >= 4 is 18.3 Å². The smallest absolute Gasteiger partial charge is 0.255 e. The first-order valence-corrected chi connectivity index (χ1v) is 7.45. The number of fused-ring (bicyclic) bond motifs is 2. The molecule has 0 spiro atoms. The molecule has 2 atom stereocenters. The summed E-state index contributed by atoms with van der Waals surface area (Å²) in [5.74, 6) is 0.347. The average Bonchev–Trinajstić information content (AvgIpc) is 3.12. The molecule has 3 aliphatic rings. The van der Waals surface area contributed by atoms with Crippen LogP contribution in [0.2, 0.25) is 0 Å². The third kappa shape index (κ3) is 3.82. The van der Waals surface area contributed by atoms with Gasteiger partial charge in [0.25, 0.3) is 6.43 Å². The average molecular weight is 309 g/mol. The Bertz CT molecular complexity index is 340. The van der Waals surface area contributed by atoms with Gasteiger partial charge in [0.15, 0.2) is 0 Å². The number of hydrogen-bond donors (Lipinski definition) is 1. The summed E-state index contributed by atoms with van der Waals surface area (Å²) in [5.41, 5.74) is 0. The van der Waals surface area contributed by atoms with Crippen LogP contribution in [-0.4, -0.2) is 41.9 Å². The van der Waals surface area contributed by atoms with Crippen LogP contribution in [0.15, 0.2) is 0 Å². The van der Waals surface area contributed by atoms with Gasteiger partial charge < -0.3 is 10.2 Å². The van der Waals surface area contributed by atoms with Crippen molar-refractivity contribution in [3.8, 4) is 0 Å². The number of nitrogens with one attached hydrogen (secondary N) is 1. The van der Waals surface area contributed by atoms with Crippen molar-refractivity contribution in [1.29, 1.82) is 0 Å². The summed E-state index contributed by atoms with van der Waals surface area (Å²) in [6, 6.07) is 1.21. The SMILES string of the molecule is Cl.O=C(CC1CC2CCC(C1)N2)N(CC(F)F)C1CC1. The van der Waals surface area contributed by atoms with E-state index in [1.54, 1.807) is 0 Å². The van der Waals surface area contributed by atoms with E-state index in [0.29, 0.717) is 24.4 Å². The van der Waals surface area contributed by atoms with Gasteiger partial charge in [-0.25, -0.2) is 8.78 Å². The molecule has 2 heterocycles. The first kappa shape index (κ1) is 16.0. The van der Waals surface area contributed by atoms with Crippen LogP contribution < -0.4 is 5.32 Å². The summed E-state index contributed by atoms with van der Waals surface area (Å²) in [6.45, 7) is -0.374. The molecule has 116 valence electrons.